The maximum Gasteiger partial charge on any atom is 0.191 e. The first-order chi connectivity index (χ1) is 12.0. The van der Waals surface area contributed by atoms with Crippen LogP contribution in [0.25, 0.3) is 0 Å². The van der Waals surface area contributed by atoms with Gasteiger partial charge in [0, 0.05) is 17.8 Å². The van der Waals surface area contributed by atoms with Crippen LogP contribution in [-0.2, 0) is 19.4 Å². The number of halogens is 2. The molecule has 130 valence electrons. The van der Waals surface area contributed by atoms with E-state index in [1.54, 1.807) is 30.0 Å². The van der Waals surface area contributed by atoms with Crippen LogP contribution in [0, 0.1) is 6.92 Å². The molecular formula is C18H17Cl2N3OS. The molecule has 0 radical (unpaired) electrons. The third-order valence-electron chi connectivity index (χ3n) is 3.66. The fourth-order valence-electron chi connectivity index (χ4n) is 2.16. The average Bonchev–Trinajstić information content (AvgIpc) is 2.94. The highest BCUT2D eigenvalue weighted by Crippen LogP contribution is 2.28. The molecule has 0 saturated heterocycles. The van der Waals surface area contributed by atoms with Gasteiger partial charge in [0.15, 0.2) is 11.0 Å². The monoisotopic (exact) mass is 393 g/mol. The highest BCUT2D eigenvalue weighted by atomic mass is 35.5. The normalized spacial score (nSPS) is 10.9. The fraction of sp³-hybridized carbons (Fsp3) is 0.222. The summed E-state index contributed by atoms with van der Waals surface area (Å²) in [6.45, 7) is 2.37. The number of thioether (sulfide) groups is 1. The van der Waals surface area contributed by atoms with E-state index in [4.69, 9.17) is 27.9 Å². The first-order valence-corrected chi connectivity index (χ1v) is 9.41. The fourth-order valence-corrected chi connectivity index (χ4v) is 3.51. The lowest BCUT2D eigenvalue weighted by Gasteiger charge is -2.08. The summed E-state index contributed by atoms with van der Waals surface area (Å²) in [7, 11) is 1.93. The lowest BCUT2D eigenvalue weighted by molar-refractivity contribution is 0.290. The Bertz CT molecular complexity index is 865. The summed E-state index contributed by atoms with van der Waals surface area (Å²) in [5.74, 6) is 2.15. The Hall–Kier alpha value is -1.69. The van der Waals surface area contributed by atoms with Crippen molar-refractivity contribution in [2.24, 2.45) is 7.05 Å². The highest BCUT2D eigenvalue weighted by molar-refractivity contribution is 7.98. The molecule has 0 aliphatic carbocycles. The van der Waals surface area contributed by atoms with E-state index in [0.29, 0.717) is 15.8 Å². The van der Waals surface area contributed by atoms with E-state index >= 15 is 0 Å². The molecular weight excluding hydrogens is 377 g/mol. The number of aromatic nitrogens is 3. The van der Waals surface area contributed by atoms with Crippen molar-refractivity contribution in [3.63, 3.8) is 0 Å². The summed E-state index contributed by atoms with van der Waals surface area (Å²) in [6.07, 6.45) is 0. The van der Waals surface area contributed by atoms with E-state index in [1.807, 2.05) is 11.6 Å². The molecule has 3 rings (SSSR count). The molecule has 0 atom stereocenters. The summed E-state index contributed by atoms with van der Waals surface area (Å²) in [4.78, 5) is 0. The van der Waals surface area contributed by atoms with Gasteiger partial charge in [-0.1, -0.05) is 64.8 Å². The quantitative estimate of drug-likeness (QED) is 0.532. The van der Waals surface area contributed by atoms with E-state index in [2.05, 4.69) is 41.4 Å². The van der Waals surface area contributed by atoms with Crippen LogP contribution in [0.1, 0.15) is 17.0 Å². The highest BCUT2D eigenvalue weighted by Gasteiger charge is 2.11. The maximum absolute atomic E-state index is 6.11. The van der Waals surface area contributed by atoms with E-state index in [-0.39, 0.29) is 6.61 Å². The van der Waals surface area contributed by atoms with Gasteiger partial charge in [0.1, 0.15) is 12.4 Å². The lowest BCUT2D eigenvalue weighted by atomic mass is 10.2. The molecule has 0 N–H and O–H groups in total. The number of ether oxygens (including phenoxy) is 1. The van der Waals surface area contributed by atoms with E-state index in [1.165, 1.54) is 11.1 Å². The molecule has 0 bridgehead atoms. The summed E-state index contributed by atoms with van der Waals surface area (Å²) in [5.41, 5.74) is 2.51. The van der Waals surface area contributed by atoms with Crippen LogP contribution < -0.4 is 4.74 Å². The Kier molecular flexibility index (Phi) is 5.89. The number of hydrogen-bond donors (Lipinski definition) is 0. The molecule has 0 aliphatic heterocycles. The first-order valence-electron chi connectivity index (χ1n) is 7.67. The average molecular weight is 394 g/mol. The predicted octanol–water partition coefficient (Wildman–Crippen LogP) is 5.30. The van der Waals surface area contributed by atoms with Crippen molar-refractivity contribution in [1.82, 2.24) is 14.8 Å². The van der Waals surface area contributed by atoms with Crippen LogP contribution in [0.2, 0.25) is 10.0 Å². The van der Waals surface area contributed by atoms with Crippen LogP contribution in [0.4, 0.5) is 0 Å². The zero-order valence-electron chi connectivity index (χ0n) is 13.9. The van der Waals surface area contributed by atoms with Gasteiger partial charge >= 0.3 is 0 Å². The maximum atomic E-state index is 6.11. The van der Waals surface area contributed by atoms with Crippen molar-refractivity contribution in [1.29, 1.82) is 0 Å². The summed E-state index contributed by atoms with van der Waals surface area (Å²) < 4.78 is 7.66. The van der Waals surface area contributed by atoms with E-state index in [9.17, 15) is 0 Å². The van der Waals surface area contributed by atoms with Crippen molar-refractivity contribution in [2.75, 3.05) is 0 Å². The molecule has 3 aromatic rings. The van der Waals surface area contributed by atoms with Gasteiger partial charge in [-0.2, -0.15) is 0 Å². The van der Waals surface area contributed by atoms with Gasteiger partial charge in [0.2, 0.25) is 0 Å². The smallest absolute Gasteiger partial charge is 0.191 e. The SMILES string of the molecule is Cc1ccc(CSc2nnc(COc3ccc(Cl)cc3Cl)n2C)cc1. The Labute approximate surface area is 161 Å². The number of benzene rings is 2. The second kappa shape index (κ2) is 8.13. The minimum atomic E-state index is 0.288. The summed E-state index contributed by atoms with van der Waals surface area (Å²) >= 11 is 13.6. The summed E-state index contributed by atoms with van der Waals surface area (Å²) in [5, 5.41) is 10.3. The first kappa shape index (κ1) is 18.1. The van der Waals surface area contributed by atoms with Crippen molar-refractivity contribution in [2.45, 2.75) is 24.4 Å². The van der Waals surface area contributed by atoms with Crippen LogP contribution in [0.3, 0.4) is 0 Å². The Morgan fingerprint density at radius 2 is 1.84 bits per heavy atom. The number of rotatable bonds is 6. The van der Waals surface area contributed by atoms with E-state index < -0.39 is 0 Å². The molecule has 0 saturated carbocycles. The molecule has 2 aromatic carbocycles. The van der Waals surface area contributed by atoms with Gasteiger partial charge in [-0.15, -0.1) is 10.2 Å². The lowest BCUT2D eigenvalue weighted by Crippen LogP contribution is -2.04. The predicted molar refractivity (Wildman–Crippen MR) is 103 cm³/mol. The molecule has 0 aliphatic rings. The molecule has 1 heterocycles. The minimum Gasteiger partial charge on any atom is -0.484 e. The van der Waals surface area contributed by atoms with Crippen LogP contribution in [0.5, 0.6) is 5.75 Å². The molecule has 7 heteroatoms. The second-order valence-electron chi connectivity index (χ2n) is 5.60. The number of nitrogens with zero attached hydrogens (tertiary/aromatic N) is 3. The second-order valence-corrected chi connectivity index (χ2v) is 7.38. The van der Waals surface area contributed by atoms with Gasteiger partial charge in [-0.3, -0.25) is 0 Å². The third-order valence-corrected chi connectivity index (χ3v) is 5.29. The molecule has 1 aromatic heterocycles. The third kappa shape index (κ3) is 4.69. The Morgan fingerprint density at radius 1 is 1.08 bits per heavy atom. The molecule has 0 fully saturated rings. The molecule has 4 nitrogen and oxygen atoms in total. The number of hydrogen-bond acceptors (Lipinski definition) is 4. The van der Waals surface area contributed by atoms with Crippen molar-refractivity contribution >= 4 is 35.0 Å². The number of aryl methyl sites for hydroxylation is 1. The Balaban J connectivity index is 1.61. The van der Waals surface area contributed by atoms with Crippen LogP contribution in [-0.4, -0.2) is 14.8 Å². The van der Waals surface area contributed by atoms with Crippen molar-refractivity contribution in [3.8, 4) is 5.75 Å². The zero-order chi connectivity index (χ0) is 17.8. The molecule has 25 heavy (non-hydrogen) atoms. The molecule has 0 unspecified atom stereocenters. The summed E-state index contributed by atoms with van der Waals surface area (Å²) in [6, 6.07) is 13.6. The standard InChI is InChI=1S/C18H17Cl2N3OS/c1-12-3-5-13(6-4-12)11-25-18-22-21-17(23(18)2)10-24-16-8-7-14(19)9-15(16)20/h3-9H,10-11H2,1-2H3. The van der Waals surface area contributed by atoms with Gasteiger partial charge in [-0.05, 0) is 30.7 Å². The molecule has 0 spiro atoms. The zero-order valence-corrected chi connectivity index (χ0v) is 16.2. The van der Waals surface area contributed by atoms with E-state index in [0.717, 1.165) is 16.7 Å². The topological polar surface area (TPSA) is 39.9 Å². The van der Waals surface area contributed by atoms with Crippen LogP contribution >= 0.6 is 35.0 Å². The van der Waals surface area contributed by atoms with Gasteiger partial charge in [0.05, 0.1) is 5.02 Å². The largest absolute Gasteiger partial charge is 0.484 e. The van der Waals surface area contributed by atoms with Crippen LogP contribution in [0.15, 0.2) is 47.6 Å². The van der Waals surface area contributed by atoms with Crippen molar-refractivity contribution < 1.29 is 4.74 Å². The van der Waals surface area contributed by atoms with Crippen molar-refractivity contribution in [3.05, 3.63) is 69.5 Å². The van der Waals surface area contributed by atoms with Gasteiger partial charge < -0.3 is 9.30 Å². The minimum absolute atomic E-state index is 0.288. The van der Waals surface area contributed by atoms with Gasteiger partial charge in [-0.25, -0.2) is 0 Å². The Morgan fingerprint density at radius 3 is 2.56 bits per heavy atom. The van der Waals surface area contributed by atoms with Gasteiger partial charge in [0.25, 0.3) is 0 Å². The molecule has 0 amide bonds.